The van der Waals surface area contributed by atoms with Crippen LogP contribution in [-0.4, -0.2) is 76.1 Å². The number of carbonyl (C=O) groups is 1. The third kappa shape index (κ3) is 6.90. The summed E-state index contributed by atoms with van der Waals surface area (Å²) in [6, 6.07) is 17.4. The standard InChI is InChI=1S/C15H12O2S.C9H19N5O/c1-18(16,17)15-7-6-13-8-11-4-2-3-5-12(11)9-14(13)10-15;1-13-4-6-14(7-5-13)8(15)2-3-12-9(10)11/h2-10H,1H3;2-7H2,1H3,(H4,10,11,12). The van der Waals surface area contributed by atoms with Crippen molar-refractivity contribution < 1.29 is 13.2 Å². The number of benzene rings is 3. The molecule has 0 bridgehead atoms. The highest BCUT2D eigenvalue weighted by Gasteiger charge is 2.18. The number of rotatable bonds is 4. The van der Waals surface area contributed by atoms with Gasteiger partial charge in [0.15, 0.2) is 15.8 Å². The molecule has 1 aliphatic rings. The van der Waals surface area contributed by atoms with Crippen molar-refractivity contribution in [1.29, 1.82) is 0 Å². The number of piperazine rings is 1. The van der Waals surface area contributed by atoms with Gasteiger partial charge >= 0.3 is 0 Å². The quantitative estimate of drug-likeness (QED) is 0.341. The van der Waals surface area contributed by atoms with Crippen LogP contribution in [0.3, 0.4) is 0 Å². The van der Waals surface area contributed by atoms with Gasteiger partial charge in [-0.15, -0.1) is 0 Å². The van der Waals surface area contributed by atoms with Crippen LogP contribution in [0.15, 0.2) is 64.5 Å². The number of aliphatic imine (C=N–C) groups is 1. The molecular formula is C24H31N5O3S. The van der Waals surface area contributed by atoms with Crippen LogP contribution in [0.1, 0.15) is 6.42 Å². The van der Waals surface area contributed by atoms with Crippen LogP contribution in [0.2, 0.25) is 0 Å². The van der Waals surface area contributed by atoms with Crippen molar-refractivity contribution in [2.24, 2.45) is 16.5 Å². The highest BCUT2D eigenvalue weighted by Crippen LogP contribution is 2.25. The fourth-order valence-electron chi connectivity index (χ4n) is 3.64. The number of hydrogen-bond donors (Lipinski definition) is 2. The molecule has 1 fully saturated rings. The van der Waals surface area contributed by atoms with Crippen LogP contribution >= 0.6 is 0 Å². The summed E-state index contributed by atoms with van der Waals surface area (Å²) in [6.07, 6.45) is 1.62. The summed E-state index contributed by atoms with van der Waals surface area (Å²) >= 11 is 0. The molecule has 1 amide bonds. The molecule has 0 radical (unpaired) electrons. The van der Waals surface area contributed by atoms with E-state index in [0.717, 1.165) is 47.7 Å². The first-order valence-corrected chi connectivity index (χ1v) is 12.7. The summed E-state index contributed by atoms with van der Waals surface area (Å²) in [5.74, 6) is 0.175. The second-order valence-corrected chi connectivity index (χ2v) is 10.2. The number of nitrogens with two attached hydrogens (primary N) is 2. The average Bonchev–Trinajstić information content (AvgIpc) is 2.77. The molecule has 0 atom stereocenters. The maximum Gasteiger partial charge on any atom is 0.224 e. The summed E-state index contributed by atoms with van der Waals surface area (Å²) < 4.78 is 23.1. The van der Waals surface area contributed by atoms with E-state index in [1.54, 1.807) is 12.1 Å². The van der Waals surface area contributed by atoms with Gasteiger partial charge in [-0.05, 0) is 52.9 Å². The molecule has 3 aromatic rings. The average molecular weight is 470 g/mol. The summed E-state index contributed by atoms with van der Waals surface area (Å²) in [7, 11) is -1.09. The summed E-state index contributed by atoms with van der Waals surface area (Å²) in [4.78, 5) is 19.9. The Bertz CT molecular complexity index is 1260. The lowest BCUT2D eigenvalue weighted by Gasteiger charge is -2.32. The molecule has 33 heavy (non-hydrogen) atoms. The number of nitrogens with zero attached hydrogens (tertiary/aromatic N) is 3. The molecule has 4 N–H and O–H groups in total. The first-order valence-electron chi connectivity index (χ1n) is 10.8. The van der Waals surface area contributed by atoms with Crippen molar-refractivity contribution in [1.82, 2.24) is 9.80 Å². The molecule has 8 nitrogen and oxygen atoms in total. The molecule has 0 unspecified atom stereocenters. The number of carbonyl (C=O) groups excluding carboxylic acids is 1. The van der Waals surface area contributed by atoms with Crippen LogP contribution in [0.25, 0.3) is 21.5 Å². The van der Waals surface area contributed by atoms with Crippen molar-refractivity contribution in [3.8, 4) is 0 Å². The lowest BCUT2D eigenvalue weighted by Crippen LogP contribution is -2.47. The zero-order chi connectivity index (χ0) is 24.0. The minimum absolute atomic E-state index is 0.0428. The lowest BCUT2D eigenvalue weighted by molar-refractivity contribution is -0.132. The minimum atomic E-state index is -3.15. The highest BCUT2D eigenvalue weighted by atomic mass is 32.2. The van der Waals surface area contributed by atoms with E-state index < -0.39 is 9.84 Å². The molecule has 0 saturated carbocycles. The smallest absolute Gasteiger partial charge is 0.224 e. The monoisotopic (exact) mass is 469 g/mol. The first-order chi connectivity index (χ1) is 15.6. The number of sulfone groups is 1. The van der Waals surface area contributed by atoms with Crippen LogP contribution in [0, 0.1) is 0 Å². The number of likely N-dealkylation sites (N-methyl/N-ethyl adjacent to an activating group) is 1. The van der Waals surface area contributed by atoms with Crippen molar-refractivity contribution in [3.63, 3.8) is 0 Å². The lowest BCUT2D eigenvalue weighted by atomic mass is 10.0. The molecular weight excluding hydrogens is 438 g/mol. The van der Waals surface area contributed by atoms with Gasteiger partial charge in [0.05, 0.1) is 11.4 Å². The van der Waals surface area contributed by atoms with Crippen LogP contribution in [0.4, 0.5) is 0 Å². The maximum atomic E-state index is 11.6. The molecule has 1 aliphatic heterocycles. The van der Waals surface area contributed by atoms with Gasteiger partial charge in [-0.3, -0.25) is 9.79 Å². The van der Waals surface area contributed by atoms with Crippen LogP contribution in [-0.2, 0) is 14.6 Å². The largest absolute Gasteiger partial charge is 0.370 e. The predicted molar refractivity (Wildman–Crippen MR) is 134 cm³/mol. The van der Waals surface area contributed by atoms with Gasteiger partial charge in [-0.1, -0.05) is 30.3 Å². The van der Waals surface area contributed by atoms with E-state index in [2.05, 4.69) is 29.1 Å². The van der Waals surface area contributed by atoms with E-state index in [9.17, 15) is 13.2 Å². The Balaban J connectivity index is 0.000000190. The Morgan fingerprint density at radius 2 is 1.48 bits per heavy atom. The molecule has 9 heteroatoms. The fourth-order valence-corrected chi connectivity index (χ4v) is 4.30. The van der Waals surface area contributed by atoms with Crippen molar-refractivity contribution in [3.05, 3.63) is 54.6 Å². The highest BCUT2D eigenvalue weighted by molar-refractivity contribution is 7.90. The van der Waals surface area contributed by atoms with Crippen LogP contribution in [0.5, 0.6) is 0 Å². The van der Waals surface area contributed by atoms with Gasteiger partial charge in [0.25, 0.3) is 0 Å². The van der Waals surface area contributed by atoms with E-state index in [0.29, 0.717) is 17.9 Å². The predicted octanol–water partition coefficient (Wildman–Crippen LogP) is 1.82. The Hall–Kier alpha value is -3.17. The molecule has 0 aromatic heterocycles. The molecule has 3 aromatic carbocycles. The normalized spacial score (nSPS) is 14.5. The van der Waals surface area contributed by atoms with Crippen LogP contribution < -0.4 is 11.5 Å². The molecule has 0 spiro atoms. The summed E-state index contributed by atoms with van der Waals surface area (Å²) in [6.45, 7) is 3.86. The number of guanidine groups is 1. The zero-order valence-electron chi connectivity index (χ0n) is 19.1. The third-order valence-electron chi connectivity index (χ3n) is 5.58. The third-order valence-corrected chi connectivity index (χ3v) is 6.69. The van der Waals surface area contributed by atoms with Crippen molar-refractivity contribution >= 4 is 43.2 Å². The Kier molecular flexibility index (Phi) is 7.88. The fraction of sp³-hybridized carbons (Fsp3) is 0.333. The molecule has 1 saturated heterocycles. The SMILES string of the molecule is CN1CCN(C(=O)CCN=C(N)N)CC1.CS(=O)(=O)c1ccc2cc3ccccc3cc2c1. The van der Waals surface area contributed by atoms with E-state index in [1.165, 1.54) is 6.26 Å². The van der Waals surface area contributed by atoms with Gasteiger partial charge in [0.2, 0.25) is 5.91 Å². The topological polar surface area (TPSA) is 122 Å². The van der Waals surface area contributed by atoms with Crippen molar-refractivity contribution in [2.45, 2.75) is 11.3 Å². The Morgan fingerprint density at radius 3 is 2.06 bits per heavy atom. The molecule has 0 aliphatic carbocycles. The van der Waals surface area contributed by atoms with E-state index in [1.807, 2.05) is 35.2 Å². The number of amides is 1. The number of fused-ring (bicyclic) bond motifs is 2. The molecule has 1 heterocycles. The summed E-state index contributed by atoms with van der Waals surface area (Å²) in [5, 5.41) is 4.30. The minimum Gasteiger partial charge on any atom is -0.370 e. The zero-order valence-corrected chi connectivity index (χ0v) is 19.9. The van der Waals surface area contributed by atoms with E-state index in [-0.39, 0.29) is 11.9 Å². The first kappa shape index (κ1) is 24.5. The van der Waals surface area contributed by atoms with Gasteiger partial charge < -0.3 is 21.3 Å². The van der Waals surface area contributed by atoms with Gasteiger partial charge in [-0.25, -0.2) is 8.42 Å². The molecule has 4 rings (SSSR count). The van der Waals surface area contributed by atoms with Gasteiger partial charge in [0, 0.05) is 38.9 Å². The maximum absolute atomic E-state index is 11.6. The second-order valence-electron chi connectivity index (χ2n) is 8.22. The Morgan fingerprint density at radius 1 is 0.909 bits per heavy atom. The van der Waals surface area contributed by atoms with E-state index >= 15 is 0 Å². The molecule has 176 valence electrons. The summed E-state index contributed by atoms with van der Waals surface area (Å²) in [5.41, 5.74) is 10.3. The van der Waals surface area contributed by atoms with Gasteiger partial charge in [-0.2, -0.15) is 0 Å². The second kappa shape index (κ2) is 10.6. The Labute approximate surface area is 194 Å². The van der Waals surface area contributed by atoms with Gasteiger partial charge in [0.1, 0.15) is 0 Å². The van der Waals surface area contributed by atoms with Crippen molar-refractivity contribution in [2.75, 3.05) is 46.0 Å². The van der Waals surface area contributed by atoms with E-state index in [4.69, 9.17) is 11.5 Å². The number of hydrogen-bond acceptors (Lipinski definition) is 5.